The van der Waals surface area contributed by atoms with Gasteiger partial charge in [0, 0.05) is 10.7 Å². The van der Waals surface area contributed by atoms with Crippen LogP contribution < -0.4 is 15.5 Å². The molecule has 8 heteroatoms. The van der Waals surface area contributed by atoms with E-state index in [1.807, 2.05) is 0 Å². The first-order valence-electron chi connectivity index (χ1n) is 7.54. The van der Waals surface area contributed by atoms with Crippen LogP contribution in [-0.2, 0) is 9.59 Å². The summed E-state index contributed by atoms with van der Waals surface area (Å²) in [4.78, 5) is 22.9. The van der Waals surface area contributed by atoms with Gasteiger partial charge in [0.1, 0.15) is 12.2 Å². The van der Waals surface area contributed by atoms with E-state index < -0.39 is 5.91 Å². The lowest BCUT2D eigenvalue weighted by Gasteiger charge is -2.08. The molecule has 0 aliphatic carbocycles. The van der Waals surface area contributed by atoms with Gasteiger partial charge in [-0.25, -0.2) is 5.43 Å². The van der Waals surface area contributed by atoms with Crippen molar-refractivity contribution in [2.75, 3.05) is 11.9 Å². The molecule has 0 fully saturated rings. The van der Waals surface area contributed by atoms with Crippen molar-refractivity contribution in [3.8, 4) is 11.8 Å². The number of carbonyl (C=O) groups excluding carboxylic acids is 2. The third-order valence-corrected chi connectivity index (χ3v) is 3.24. The summed E-state index contributed by atoms with van der Waals surface area (Å²) >= 11 is 5.85. The smallest absolute Gasteiger partial charge is 0.262 e. The first kappa shape index (κ1) is 19.0. The molecule has 0 saturated carbocycles. The van der Waals surface area contributed by atoms with Crippen LogP contribution in [0.2, 0.25) is 5.02 Å². The van der Waals surface area contributed by atoms with Gasteiger partial charge in [0.25, 0.3) is 11.8 Å². The van der Waals surface area contributed by atoms with Crippen molar-refractivity contribution in [3.05, 3.63) is 59.1 Å². The lowest BCUT2D eigenvalue weighted by atomic mass is 10.2. The van der Waals surface area contributed by atoms with Gasteiger partial charge in [0.2, 0.25) is 0 Å². The standard InChI is InChI=1S/C18H15ClN4O3/c19-14-2-1-3-15(10-14)22-18(25)12-26-16-6-4-13(5-7-16)11-21-23-17(24)8-9-20/h1-7,10-11H,8,12H2,(H,22,25)(H,23,24)/b21-11-. The second kappa shape index (κ2) is 9.81. The summed E-state index contributed by atoms with van der Waals surface area (Å²) in [7, 11) is 0. The predicted molar refractivity (Wildman–Crippen MR) is 98.0 cm³/mol. The highest BCUT2D eigenvalue weighted by Gasteiger charge is 2.04. The minimum atomic E-state index is -0.477. The lowest BCUT2D eigenvalue weighted by molar-refractivity contribution is -0.120. The number of halogens is 1. The topological polar surface area (TPSA) is 104 Å². The Labute approximate surface area is 155 Å². The number of amides is 2. The van der Waals surface area contributed by atoms with Gasteiger partial charge in [-0.15, -0.1) is 0 Å². The molecule has 7 nitrogen and oxygen atoms in total. The number of rotatable bonds is 7. The third kappa shape index (κ3) is 6.63. The molecule has 0 bridgehead atoms. The fourth-order valence-electron chi connectivity index (χ4n) is 1.85. The minimum Gasteiger partial charge on any atom is -0.484 e. The van der Waals surface area contributed by atoms with Crippen molar-refractivity contribution in [1.82, 2.24) is 5.43 Å². The van der Waals surface area contributed by atoms with E-state index in [-0.39, 0.29) is 18.9 Å². The summed E-state index contributed by atoms with van der Waals surface area (Å²) in [6.07, 6.45) is 1.19. The van der Waals surface area contributed by atoms with E-state index in [2.05, 4.69) is 15.8 Å². The van der Waals surface area contributed by atoms with Crippen LogP contribution in [0, 0.1) is 11.3 Å². The van der Waals surface area contributed by atoms with Gasteiger partial charge < -0.3 is 10.1 Å². The molecule has 2 aromatic rings. The van der Waals surface area contributed by atoms with Gasteiger partial charge in [-0.2, -0.15) is 10.4 Å². The van der Waals surface area contributed by atoms with Gasteiger partial charge in [0.15, 0.2) is 6.61 Å². The summed E-state index contributed by atoms with van der Waals surface area (Å²) in [6.45, 7) is -0.149. The first-order valence-corrected chi connectivity index (χ1v) is 7.92. The number of benzene rings is 2. The number of hydrazone groups is 1. The SMILES string of the molecule is N#CCC(=O)N/N=C\c1ccc(OCC(=O)Nc2cccc(Cl)c2)cc1. The Hall–Kier alpha value is -3.37. The van der Waals surface area contributed by atoms with E-state index >= 15 is 0 Å². The van der Waals surface area contributed by atoms with Crippen molar-refractivity contribution in [2.45, 2.75) is 6.42 Å². The molecule has 0 unspecified atom stereocenters. The Morgan fingerprint density at radius 3 is 2.65 bits per heavy atom. The molecule has 0 aliphatic heterocycles. The zero-order chi connectivity index (χ0) is 18.8. The fraction of sp³-hybridized carbons (Fsp3) is 0.111. The number of anilines is 1. The molecule has 2 N–H and O–H groups in total. The van der Waals surface area contributed by atoms with Crippen molar-refractivity contribution in [2.24, 2.45) is 5.10 Å². The maximum absolute atomic E-state index is 11.9. The van der Waals surface area contributed by atoms with Gasteiger partial charge in [0.05, 0.1) is 12.3 Å². The van der Waals surface area contributed by atoms with Crippen molar-refractivity contribution in [3.63, 3.8) is 0 Å². The number of ether oxygens (including phenoxy) is 1. The maximum atomic E-state index is 11.9. The molecular weight excluding hydrogens is 356 g/mol. The van der Waals surface area contributed by atoms with E-state index in [1.54, 1.807) is 54.6 Å². The molecule has 0 spiro atoms. The average Bonchev–Trinajstić information content (AvgIpc) is 2.61. The second-order valence-corrected chi connectivity index (χ2v) is 5.48. The maximum Gasteiger partial charge on any atom is 0.262 e. The zero-order valence-corrected chi connectivity index (χ0v) is 14.4. The molecule has 2 rings (SSSR count). The Morgan fingerprint density at radius 2 is 1.96 bits per heavy atom. The summed E-state index contributed by atoms with van der Waals surface area (Å²) < 4.78 is 5.40. The van der Waals surface area contributed by atoms with Crippen molar-refractivity contribution in [1.29, 1.82) is 5.26 Å². The second-order valence-electron chi connectivity index (χ2n) is 5.04. The monoisotopic (exact) mass is 370 g/mol. The molecule has 2 amide bonds. The quantitative estimate of drug-likeness (QED) is 0.577. The summed E-state index contributed by atoms with van der Waals surface area (Å²) in [6, 6.07) is 15.3. The Bertz CT molecular complexity index is 844. The number of nitrogens with one attached hydrogen (secondary N) is 2. The molecule has 0 aliphatic rings. The molecule has 0 radical (unpaired) electrons. The first-order chi connectivity index (χ1) is 12.6. The number of nitriles is 1. The van der Waals surface area contributed by atoms with Gasteiger partial charge in [-0.1, -0.05) is 17.7 Å². The van der Waals surface area contributed by atoms with E-state index in [9.17, 15) is 9.59 Å². The highest BCUT2D eigenvalue weighted by atomic mass is 35.5. The fourth-order valence-corrected chi connectivity index (χ4v) is 2.04. The molecule has 132 valence electrons. The van der Waals surface area contributed by atoms with Crippen molar-refractivity contribution >= 4 is 35.3 Å². The highest BCUT2D eigenvalue weighted by molar-refractivity contribution is 6.30. The number of hydrogen-bond donors (Lipinski definition) is 2. The number of carbonyl (C=O) groups is 2. The average molecular weight is 371 g/mol. The molecule has 0 aromatic heterocycles. The van der Waals surface area contributed by atoms with Crippen LogP contribution in [0.5, 0.6) is 5.75 Å². The van der Waals surface area contributed by atoms with Crippen LogP contribution in [0.4, 0.5) is 5.69 Å². The van der Waals surface area contributed by atoms with Crippen LogP contribution in [0.3, 0.4) is 0 Å². The van der Waals surface area contributed by atoms with E-state index in [0.717, 1.165) is 5.56 Å². The van der Waals surface area contributed by atoms with Crippen molar-refractivity contribution < 1.29 is 14.3 Å². The van der Waals surface area contributed by atoms with Gasteiger partial charge >= 0.3 is 0 Å². The van der Waals surface area contributed by atoms with Crippen LogP contribution in [0.25, 0.3) is 0 Å². The van der Waals surface area contributed by atoms with Gasteiger partial charge in [-0.05, 0) is 48.0 Å². The lowest BCUT2D eigenvalue weighted by Crippen LogP contribution is -2.20. The molecule has 0 atom stereocenters. The molecule has 2 aromatic carbocycles. The molecular formula is C18H15ClN4O3. The largest absolute Gasteiger partial charge is 0.484 e. The zero-order valence-electron chi connectivity index (χ0n) is 13.6. The van der Waals surface area contributed by atoms with Gasteiger partial charge in [-0.3, -0.25) is 9.59 Å². The van der Waals surface area contributed by atoms with E-state index in [1.165, 1.54) is 6.21 Å². The van der Waals surface area contributed by atoms with Crippen LogP contribution in [-0.4, -0.2) is 24.6 Å². The van der Waals surface area contributed by atoms with E-state index in [4.69, 9.17) is 21.6 Å². The Kier molecular flexibility index (Phi) is 7.16. The normalized spacial score (nSPS) is 10.2. The number of nitrogens with zero attached hydrogens (tertiary/aromatic N) is 2. The van der Waals surface area contributed by atoms with Crippen LogP contribution in [0.1, 0.15) is 12.0 Å². The Morgan fingerprint density at radius 1 is 1.19 bits per heavy atom. The molecule has 26 heavy (non-hydrogen) atoms. The summed E-state index contributed by atoms with van der Waals surface area (Å²) in [5.74, 6) is -0.274. The van der Waals surface area contributed by atoms with Crippen LogP contribution >= 0.6 is 11.6 Å². The Balaban J connectivity index is 1.80. The number of hydrogen-bond acceptors (Lipinski definition) is 5. The van der Waals surface area contributed by atoms with E-state index in [0.29, 0.717) is 16.5 Å². The molecule has 0 saturated heterocycles. The highest BCUT2D eigenvalue weighted by Crippen LogP contribution is 2.15. The summed E-state index contributed by atoms with van der Waals surface area (Å²) in [5, 5.41) is 15.3. The van der Waals surface area contributed by atoms with Crippen LogP contribution in [0.15, 0.2) is 53.6 Å². The third-order valence-electron chi connectivity index (χ3n) is 3.00. The predicted octanol–water partition coefficient (Wildman–Crippen LogP) is 2.72. The summed E-state index contributed by atoms with van der Waals surface area (Å²) in [5.41, 5.74) is 3.54. The minimum absolute atomic E-state index is 0.149. The molecule has 0 heterocycles.